The van der Waals surface area contributed by atoms with Gasteiger partial charge in [-0.1, -0.05) is 17.7 Å². The fraction of sp³-hybridized carbons (Fsp3) is 0.250. The van der Waals surface area contributed by atoms with E-state index in [1.807, 2.05) is 22.8 Å². The molecule has 0 bridgehead atoms. The highest BCUT2D eigenvalue weighted by Gasteiger charge is 2.33. The summed E-state index contributed by atoms with van der Waals surface area (Å²) in [6.07, 6.45) is 1.81. The molecule has 2 aromatic carbocycles. The summed E-state index contributed by atoms with van der Waals surface area (Å²) in [5.74, 6) is -1.35. The van der Waals surface area contributed by atoms with E-state index in [0.717, 1.165) is 10.9 Å². The lowest BCUT2D eigenvalue weighted by molar-refractivity contribution is -0.146. The van der Waals surface area contributed by atoms with Crippen LogP contribution in [-0.4, -0.2) is 35.1 Å². The maximum atomic E-state index is 12.1. The molecule has 3 aromatic rings. The molecule has 1 fully saturated rings. The molecule has 154 valence electrons. The molecule has 2 heterocycles. The summed E-state index contributed by atoms with van der Waals surface area (Å²) in [6, 6.07) is 9.89. The van der Waals surface area contributed by atoms with Gasteiger partial charge in [0, 0.05) is 29.2 Å². The van der Waals surface area contributed by atoms with Crippen molar-refractivity contribution in [3.63, 3.8) is 0 Å². The molecule has 0 amide bonds. The molecule has 1 aliphatic heterocycles. The van der Waals surface area contributed by atoms with Crippen LogP contribution in [0.5, 0.6) is 5.75 Å². The molecule has 0 atom stereocenters. The third-order valence-corrected chi connectivity index (χ3v) is 5.61. The second-order valence-electron chi connectivity index (χ2n) is 7.66. The molecule has 4 rings (SSSR count). The number of aliphatic hydroxyl groups is 1. The Hall–Kier alpha value is -3.54. The number of ether oxygens (including phenoxy) is 2. The van der Waals surface area contributed by atoms with Crippen molar-refractivity contribution in [3.8, 4) is 5.75 Å². The van der Waals surface area contributed by atoms with Gasteiger partial charge in [0.1, 0.15) is 18.1 Å². The number of fused-ring (bicyclic) bond motifs is 1. The predicted octanol–water partition coefficient (Wildman–Crippen LogP) is 4.02. The second-order valence-corrected chi connectivity index (χ2v) is 7.66. The number of aryl methyl sites for hydroxylation is 3. The lowest BCUT2D eigenvalue weighted by atomic mass is 10.00. The van der Waals surface area contributed by atoms with Gasteiger partial charge in [-0.15, -0.1) is 0 Å². The van der Waals surface area contributed by atoms with Crippen LogP contribution in [0.4, 0.5) is 0 Å². The molecule has 1 aliphatic rings. The number of aromatic nitrogens is 1. The topological polar surface area (TPSA) is 77.8 Å². The lowest BCUT2D eigenvalue weighted by Crippen LogP contribution is -2.08. The second kappa shape index (κ2) is 7.37. The monoisotopic (exact) mass is 405 g/mol. The Balaban J connectivity index is 1.90. The lowest BCUT2D eigenvalue weighted by Gasteiger charge is -2.13. The summed E-state index contributed by atoms with van der Waals surface area (Å²) in [4.78, 5) is 23.6. The van der Waals surface area contributed by atoms with E-state index in [2.05, 4.69) is 32.9 Å². The van der Waals surface area contributed by atoms with Crippen LogP contribution in [0, 0.1) is 20.8 Å². The molecule has 0 saturated carbocycles. The Bertz CT molecular complexity index is 1210. The van der Waals surface area contributed by atoms with Crippen LogP contribution in [0.1, 0.15) is 27.8 Å². The maximum absolute atomic E-state index is 12.1. The highest BCUT2D eigenvalue weighted by molar-refractivity contribution is 6.43. The van der Waals surface area contributed by atoms with E-state index in [-0.39, 0.29) is 17.9 Å². The van der Waals surface area contributed by atoms with Gasteiger partial charge in [0.2, 0.25) is 0 Å². The van der Waals surface area contributed by atoms with Crippen molar-refractivity contribution in [1.29, 1.82) is 0 Å². The number of cyclic esters (lactones) is 1. The highest BCUT2D eigenvalue weighted by Crippen LogP contribution is 2.33. The smallest absolute Gasteiger partial charge is 0.379 e. The first kappa shape index (κ1) is 19.8. The first-order chi connectivity index (χ1) is 14.3. The minimum absolute atomic E-state index is 0.0235. The zero-order chi connectivity index (χ0) is 21.6. The van der Waals surface area contributed by atoms with Crippen LogP contribution in [0.3, 0.4) is 0 Å². The van der Waals surface area contributed by atoms with Crippen molar-refractivity contribution in [1.82, 2.24) is 4.57 Å². The summed E-state index contributed by atoms with van der Waals surface area (Å²) in [5.41, 5.74) is 6.12. The van der Waals surface area contributed by atoms with Crippen molar-refractivity contribution in [3.05, 3.63) is 69.9 Å². The molecule has 1 N–H and O–H groups in total. The number of nitrogens with zero attached hydrogens (tertiary/aromatic N) is 1. The first-order valence-corrected chi connectivity index (χ1v) is 9.67. The Morgan fingerprint density at radius 1 is 1.13 bits per heavy atom. The van der Waals surface area contributed by atoms with E-state index in [1.54, 1.807) is 13.3 Å². The van der Waals surface area contributed by atoms with E-state index >= 15 is 0 Å². The number of rotatable bonds is 4. The molecular formula is C24H23NO5. The zero-order valence-electron chi connectivity index (χ0n) is 17.4. The SMILES string of the molecule is COc1ccc2c(c1)c(C(O)=C1COC(=O)C1=O)cn2Cc1c(C)cc(C)cc1C. The van der Waals surface area contributed by atoms with Gasteiger partial charge in [-0.3, -0.25) is 4.79 Å². The summed E-state index contributed by atoms with van der Waals surface area (Å²) in [7, 11) is 1.57. The van der Waals surface area contributed by atoms with Crippen molar-refractivity contribution in [2.45, 2.75) is 27.3 Å². The molecule has 6 heteroatoms. The van der Waals surface area contributed by atoms with Crippen LogP contribution in [-0.2, 0) is 20.9 Å². The predicted molar refractivity (Wildman–Crippen MR) is 114 cm³/mol. The van der Waals surface area contributed by atoms with Gasteiger partial charge in [0.15, 0.2) is 0 Å². The number of esters is 1. The van der Waals surface area contributed by atoms with Gasteiger partial charge >= 0.3 is 5.97 Å². The van der Waals surface area contributed by atoms with Crippen LogP contribution in [0.15, 0.2) is 42.1 Å². The average molecular weight is 405 g/mol. The summed E-state index contributed by atoms with van der Waals surface area (Å²) in [5, 5.41) is 11.6. The van der Waals surface area contributed by atoms with Crippen LogP contribution >= 0.6 is 0 Å². The largest absolute Gasteiger partial charge is 0.507 e. The van der Waals surface area contributed by atoms with Gasteiger partial charge in [-0.05, 0) is 55.7 Å². The van der Waals surface area contributed by atoms with Gasteiger partial charge in [0.25, 0.3) is 5.78 Å². The summed E-state index contributed by atoms with van der Waals surface area (Å²) in [6.45, 7) is 6.63. The molecule has 0 aliphatic carbocycles. The van der Waals surface area contributed by atoms with Gasteiger partial charge < -0.3 is 19.1 Å². The number of Topliss-reactive ketones (excluding diaryl/α,β-unsaturated/α-hetero) is 1. The Morgan fingerprint density at radius 3 is 2.43 bits per heavy atom. The highest BCUT2D eigenvalue weighted by atomic mass is 16.5. The average Bonchev–Trinajstić information content (AvgIpc) is 3.24. The molecule has 30 heavy (non-hydrogen) atoms. The molecule has 1 saturated heterocycles. The molecule has 0 radical (unpaired) electrons. The Labute approximate surface area is 174 Å². The number of aliphatic hydroxyl groups excluding tert-OH is 1. The van der Waals surface area contributed by atoms with Gasteiger partial charge in [-0.2, -0.15) is 0 Å². The fourth-order valence-corrected chi connectivity index (χ4v) is 4.08. The minimum Gasteiger partial charge on any atom is -0.507 e. The number of hydrogen-bond acceptors (Lipinski definition) is 5. The van der Waals surface area contributed by atoms with E-state index in [9.17, 15) is 14.7 Å². The Morgan fingerprint density at radius 2 is 1.83 bits per heavy atom. The standard InChI is InChI=1S/C24H23NO5/c1-13-7-14(2)18(15(3)8-13)10-25-11-19(17-9-16(29-4)5-6-21(17)25)22(26)20-12-30-24(28)23(20)27/h5-9,11,26H,10,12H2,1-4H3. The molecule has 0 unspecified atom stereocenters. The first-order valence-electron chi connectivity index (χ1n) is 9.67. The number of hydrogen-bond donors (Lipinski definition) is 1. The molecule has 1 aromatic heterocycles. The minimum atomic E-state index is -0.941. The van der Waals surface area contributed by atoms with Gasteiger partial charge in [0.05, 0.1) is 12.7 Å². The number of carbonyl (C=O) groups is 2. The van der Waals surface area contributed by atoms with Crippen LogP contribution in [0.25, 0.3) is 16.7 Å². The number of carbonyl (C=O) groups excluding carboxylic acids is 2. The third kappa shape index (κ3) is 3.24. The zero-order valence-corrected chi connectivity index (χ0v) is 17.4. The maximum Gasteiger partial charge on any atom is 0.379 e. The van der Waals surface area contributed by atoms with E-state index in [0.29, 0.717) is 17.9 Å². The normalized spacial score (nSPS) is 15.6. The molecule has 6 nitrogen and oxygen atoms in total. The summed E-state index contributed by atoms with van der Waals surface area (Å²) < 4.78 is 12.2. The number of benzene rings is 2. The van der Waals surface area contributed by atoms with Crippen LogP contribution < -0.4 is 4.74 Å². The van der Waals surface area contributed by atoms with Gasteiger partial charge in [-0.25, -0.2) is 4.79 Å². The number of methoxy groups -OCH3 is 1. The molecule has 0 spiro atoms. The third-order valence-electron chi connectivity index (χ3n) is 5.61. The van der Waals surface area contributed by atoms with E-state index in [4.69, 9.17) is 9.47 Å². The van der Waals surface area contributed by atoms with Crippen molar-refractivity contribution >= 4 is 28.4 Å². The van der Waals surface area contributed by atoms with Crippen molar-refractivity contribution in [2.75, 3.05) is 13.7 Å². The fourth-order valence-electron chi connectivity index (χ4n) is 4.08. The summed E-state index contributed by atoms with van der Waals surface area (Å²) >= 11 is 0. The Kier molecular flexibility index (Phi) is 4.86. The van der Waals surface area contributed by atoms with Crippen LogP contribution in [0.2, 0.25) is 0 Å². The van der Waals surface area contributed by atoms with E-state index < -0.39 is 11.8 Å². The van der Waals surface area contributed by atoms with Crippen molar-refractivity contribution < 1.29 is 24.2 Å². The van der Waals surface area contributed by atoms with Crippen molar-refractivity contribution in [2.24, 2.45) is 0 Å². The quantitative estimate of drug-likeness (QED) is 0.307. The molecular weight excluding hydrogens is 382 g/mol. The number of ketones is 1. The van der Waals surface area contributed by atoms with E-state index in [1.165, 1.54) is 22.3 Å².